The largest absolute Gasteiger partial charge is 0.492 e. The van der Waals surface area contributed by atoms with Crippen molar-refractivity contribution in [1.29, 1.82) is 0 Å². The summed E-state index contributed by atoms with van der Waals surface area (Å²) in [5.74, 6) is 0.196. The third-order valence-electron chi connectivity index (χ3n) is 3.78. The molecule has 1 aromatic heterocycles. The Kier molecular flexibility index (Phi) is 4.34. The number of carbonyl (C=O) groups excluding carboxylic acids is 1. The Bertz CT molecular complexity index is 632. The lowest BCUT2D eigenvalue weighted by atomic mass is 10.1. The molecule has 1 aliphatic heterocycles. The molecule has 0 spiro atoms. The van der Waals surface area contributed by atoms with Crippen LogP contribution in [0.1, 0.15) is 23.3 Å². The number of hydrogen-bond acceptors (Lipinski definition) is 5. The van der Waals surface area contributed by atoms with Gasteiger partial charge in [0.15, 0.2) is 5.69 Å². The van der Waals surface area contributed by atoms with Crippen LogP contribution in [0.4, 0.5) is 0 Å². The minimum atomic E-state index is -0.602. The number of nitrogens with two attached hydrogens (primary N) is 1. The molecule has 0 unspecified atom stereocenters. The van der Waals surface area contributed by atoms with Crippen LogP contribution in [0.3, 0.4) is 0 Å². The lowest BCUT2D eigenvalue weighted by Gasteiger charge is -2.14. The molecule has 1 fully saturated rings. The van der Waals surface area contributed by atoms with Crippen molar-refractivity contribution in [2.24, 2.45) is 5.73 Å². The van der Waals surface area contributed by atoms with Gasteiger partial charge in [0.05, 0.1) is 0 Å². The average molecular weight is 301 g/mol. The maximum atomic E-state index is 11.3. The highest BCUT2D eigenvalue weighted by Gasteiger charge is 2.15. The number of primary amides is 1. The van der Waals surface area contributed by atoms with Gasteiger partial charge in [0.2, 0.25) is 0 Å². The molecule has 7 nitrogen and oxygen atoms in total. The molecule has 3 rings (SSSR count). The zero-order valence-corrected chi connectivity index (χ0v) is 12.3. The van der Waals surface area contributed by atoms with Gasteiger partial charge in [-0.05, 0) is 50.2 Å². The molecule has 0 aliphatic carbocycles. The molecule has 1 aromatic carbocycles. The smallest absolute Gasteiger partial charge is 0.271 e. The van der Waals surface area contributed by atoms with E-state index in [4.69, 9.17) is 10.5 Å². The molecular weight excluding hydrogens is 282 g/mol. The van der Waals surface area contributed by atoms with Gasteiger partial charge in [-0.1, -0.05) is 0 Å². The molecule has 0 radical (unpaired) electrons. The van der Waals surface area contributed by atoms with Crippen molar-refractivity contribution < 1.29 is 9.53 Å². The van der Waals surface area contributed by atoms with Gasteiger partial charge in [0.25, 0.3) is 5.91 Å². The number of rotatable bonds is 6. The predicted octanol–water partition coefficient (Wildman–Crippen LogP) is 1.05. The van der Waals surface area contributed by atoms with Crippen LogP contribution in [0.2, 0.25) is 0 Å². The van der Waals surface area contributed by atoms with E-state index >= 15 is 0 Å². The van der Waals surface area contributed by atoms with Crippen LogP contribution >= 0.6 is 0 Å². The van der Waals surface area contributed by atoms with E-state index in [1.807, 2.05) is 24.3 Å². The van der Waals surface area contributed by atoms with Gasteiger partial charge in [-0.2, -0.15) is 15.4 Å². The zero-order valence-electron chi connectivity index (χ0n) is 12.3. The third kappa shape index (κ3) is 3.25. The Hall–Kier alpha value is -2.41. The second kappa shape index (κ2) is 6.57. The Morgan fingerprint density at radius 3 is 2.64 bits per heavy atom. The van der Waals surface area contributed by atoms with Crippen LogP contribution in [0.25, 0.3) is 11.3 Å². The van der Waals surface area contributed by atoms with E-state index in [1.165, 1.54) is 25.9 Å². The van der Waals surface area contributed by atoms with Crippen LogP contribution in [0.5, 0.6) is 5.75 Å². The summed E-state index contributed by atoms with van der Waals surface area (Å²) in [5.41, 5.74) is 6.63. The van der Waals surface area contributed by atoms with Gasteiger partial charge < -0.3 is 10.5 Å². The first-order chi connectivity index (χ1) is 10.7. The summed E-state index contributed by atoms with van der Waals surface area (Å²) in [6, 6.07) is 7.41. The van der Waals surface area contributed by atoms with Gasteiger partial charge in [0, 0.05) is 12.1 Å². The van der Waals surface area contributed by atoms with Crippen LogP contribution < -0.4 is 10.5 Å². The standard InChI is InChI=1S/C15H19N5O2/c16-15(21)14-13(17-19-18-14)11-3-5-12(6-4-11)22-10-9-20-7-1-2-8-20/h3-6H,1-2,7-10H2,(H2,16,21)(H,17,18,19). The second-order valence-electron chi connectivity index (χ2n) is 5.31. The van der Waals surface area contributed by atoms with Crippen molar-refractivity contribution in [3.63, 3.8) is 0 Å². The Balaban J connectivity index is 1.60. The van der Waals surface area contributed by atoms with Crippen LogP contribution in [0, 0.1) is 0 Å². The molecule has 2 heterocycles. The summed E-state index contributed by atoms with van der Waals surface area (Å²) in [7, 11) is 0. The summed E-state index contributed by atoms with van der Waals surface area (Å²) < 4.78 is 5.74. The number of hydrogen-bond donors (Lipinski definition) is 2. The van der Waals surface area contributed by atoms with E-state index in [0.29, 0.717) is 12.3 Å². The number of nitrogens with zero attached hydrogens (tertiary/aromatic N) is 3. The first kappa shape index (κ1) is 14.5. The number of carbonyl (C=O) groups is 1. The van der Waals surface area contributed by atoms with E-state index in [-0.39, 0.29) is 5.69 Å². The number of aromatic nitrogens is 3. The van der Waals surface area contributed by atoms with Crippen molar-refractivity contribution >= 4 is 5.91 Å². The Labute approximate surface area is 128 Å². The summed E-state index contributed by atoms with van der Waals surface area (Å²) in [6.07, 6.45) is 2.57. The Morgan fingerprint density at radius 2 is 1.95 bits per heavy atom. The number of nitrogens with one attached hydrogen (secondary N) is 1. The fourth-order valence-corrected chi connectivity index (χ4v) is 2.61. The molecule has 3 N–H and O–H groups in total. The highest BCUT2D eigenvalue weighted by atomic mass is 16.5. The lowest BCUT2D eigenvalue weighted by molar-refractivity contribution is 0.0996. The van der Waals surface area contributed by atoms with Gasteiger partial charge in [-0.25, -0.2) is 0 Å². The number of amides is 1. The average Bonchev–Trinajstić information content (AvgIpc) is 3.19. The predicted molar refractivity (Wildman–Crippen MR) is 81.5 cm³/mol. The number of likely N-dealkylation sites (tertiary alicyclic amines) is 1. The zero-order chi connectivity index (χ0) is 15.4. The van der Waals surface area contributed by atoms with E-state index < -0.39 is 5.91 Å². The van der Waals surface area contributed by atoms with E-state index in [9.17, 15) is 4.79 Å². The van der Waals surface area contributed by atoms with Gasteiger partial charge in [0.1, 0.15) is 18.1 Å². The summed E-state index contributed by atoms with van der Waals surface area (Å²) in [6.45, 7) is 3.97. The second-order valence-corrected chi connectivity index (χ2v) is 5.31. The van der Waals surface area contributed by atoms with Crippen molar-refractivity contribution in [1.82, 2.24) is 20.3 Å². The van der Waals surface area contributed by atoms with Crippen LogP contribution in [0.15, 0.2) is 24.3 Å². The molecule has 116 valence electrons. The van der Waals surface area contributed by atoms with E-state index in [1.54, 1.807) is 0 Å². The molecule has 0 atom stereocenters. The fourth-order valence-electron chi connectivity index (χ4n) is 2.61. The molecule has 22 heavy (non-hydrogen) atoms. The summed E-state index contributed by atoms with van der Waals surface area (Å²) >= 11 is 0. The SMILES string of the molecule is NC(=O)c1n[nH]nc1-c1ccc(OCCN2CCCC2)cc1. The molecular formula is C15H19N5O2. The topological polar surface area (TPSA) is 97.1 Å². The molecule has 1 saturated heterocycles. The van der Waals surface area contributed by atoms with E-state index in [0.717, 1.165) is 17.9 Å². The molecule has 1 aliphatic rings. The lowest BCUT2D eigenvalue weighted by Crippen LogP contribution is -2.25. The summed E-state index contributed by atoms with van der Waals surface area (Å²) in [5, 5.41) is 10.1. The monoisotopic (exact) mass is 301 g/mol. The van der Waals surface area contributed by atoms with Gasteiger partial charge in [-0.3, -0.25) is 9.69 Å². The quantitative estimate of drug-likeness (QED) is 0.831. The maximum absolute atomic E-state index is 11.3. The molecule has 2 aromatic rings. The van der Waals surface area contributed by atoms with E-state index in [2.05, 4.69) is 20.3 Å². The van der Waals surface area contributed by atoms with Gasteiger partial charge >= 0.3 is 0 Å². The number of aromatic amines is 1. The minimum Gasteiger partial charge on any atom is -0.492 e. The number of benzene rings is 1. The first-order valence-electron chi connectivity index (χ1n) is 7.40. The highest BCUT2D eigenvalue weighted by molar-refractivity contribution is 5.96. The molecule has 7 heteroatoms. The molecule has 1 amide bonds. The first-order valence-corrected chi connectivity index (χ1v) is 7.40. The molecule has 0 saturated carbocycles. The normalized spacial score (nSPS) is 15.1. The number of ether oxygens (including phenoxy) is 1. The minimum absolute atomic E-state index is 0.141. The van der Waals surface area contributed by atoms with Crippen molar-refractivity contribution in [3.8, 4) is 17.0 Å². The third-order valence-corrected chi connectivity index (χ3v) is 3.78. The van der Waals surface area contributed by atoms with Crippen LogP contribution in [-0.4, -0.2) is 52.5 Å². The van der Waals surface area contributed by atoms with Crippen molar-refractivity contribution in [2.45, 2.75) is 12.8 Å². The fraction of sp³-hybridized carbons (Fsp3) is 0.400. The number of H-pyrrole nitrogens is 1. The van der Waals surface area contributed by atoms with Crippen molar-refractivity contribution in [3.05, 3.63) is 30.0 Å². The summed E-state index contributed by atoms with van der Waals surface area (Å²) in [4.78, 5) is 13.7. The van der Waals surface area contributed by atoms with Crippen molar-refractivity contribution in [2.75, 3.05) is 26.2 Å². The maximum Gasteiger partial charge on any atom is 0.271 e. The van der Waals surface area contributed by atoms with Crippen LogP contribution in [-0.2, 0) is 0 Å². The Morgan fingerprint density at radius 1 is 1.23 bits per heavy atom. The molecule has 0 bridgehead atoms. The van der Waals surface area contributed by atoms with Gasteiger partial charge in [-0.15, -0.1) is 0 Å². The highest BCUT2D eigenvalue weighted by Crippen LogP contribution is 2.22.